The maximum atomic E-state index is 12.1. The summed E-state index contributed by atoms with van der Waals surface area (Å²) in [6.45, 7) is 7.69. The summed E-state index contributed by atoms with van der Waals surface area (Å²) >= 11 is 0. The van der Waals surface area contributed by atoms with E-state index in [4.69, 9.17) is 0 Å². The SMILES string of the molecule is CCN(CC)c1ccc(/C=N/NC(=O)c2ccc(C)c([N+](=O)[O-])c2)cc1. The molecule has 0 saturated carbocycles. The van der Waals surface area contributed by atoms with Crippen molar-refractivity contribution in [3.8, 4) is 0 Å². The number of nitro groups is 1. The quantitative estimate of drug-likeness (QED) is 0.468. The number of benzene rings is 2. The molecular weight excluding hydrogens is 332 g/mol. The summed E-state index contributed by atoms with van der Waals surface area (Å²) in [7, 11) is 0. The fraction of sp³-hybridized carbons (Fsp3) is 0.263. The predicted octanol–water partition coefficient (Wildman–Crippen LogP) is 3.51. The minimum absolute atomic E-state index is 0.0892. The zero-order chi connectivity index (χ0) is 19.1. The molecule has 7 heteroatoms. The molecule has 0 radical (unpaired) electrons. The van der Waals surface area contributed by atoms with Gasteiger partial charge in [0.25, 0.3) is 11.6 Å². The van der Waals surface area contributed by atoms with Crippen molar-refractivity contribution >= 4 is 23.5 Å². The standard InChI is InChI=1S/C19H22N4O3/c1-4-22(5-2)17-10-7-15(8-11-17)13-20-21-19(24)16-9-6-14(3)18(12-16)23(25)26/h6-13H,4-5H2,1-3H3,(H,21,24)/b20-13+. The Bertz CT molecular complexity index is 812. The lowest BCUT2D eigenvalue weighted by Gasteiger charge is -2.20. The Balaban J connectivity index is 2.03. The second-order valence-corrected chi connectivity index (χ2v) is 5.72. The zero-order valence-electron chi connectivity index (χ0n) is 15.1. The van der Waals surface area contributed by atoms with Crippen molar-refractivity contribution in [2.45, 2.75) is 20.8 Å². The Kier molecular flexibility index (Phi) is 6.43. The summed E-state index contributed by atoms with van der Waals surface area (Å²) in [5, 5.41) is 14.9. The van der Waals surface area contributed by atoms with Gasteiger partial charge in [-0.15, -0.1) is 0 Å². The molecule has 1 N–H and O–H groups in total. The Morgan fingerprint density at radius 1 is 1.19 bits per heavy atom. The molecule has 2 rings (SSSR count). The van der Waals surface area contributed by atoms with E-state index in [1.54, 1.807) is 13.0 Å². The molecule has 7 nitrogen and oxygen atoms in total. The van der Waals surface area contributed by atoms with Crippen LogP contribution in [0, 0.1) is 17.0 Å². The molecule has 0 atom stereocenters. The number of rotatable bonds is 7. The van der Waals surface area contributed by atoms with Crippen LogP contribution < -0.4 is 10.3 Å². The number of hydrazone groups is 1. The van der Waals surface area contributed by atoms with Crippen LogP contribution in [0.4, 0.5) is 11.4 Å². The number of carbonyl (C=O) groups excluding carboxylic acids is 1. The molecule has 0 fully saturated rings. The van der Waals surface area contributed by atoms with E-state index in [0.717, 1.165) is 24.3 Å². The number of anilines is 1. The molecule has 136 valence electrons. The zero-order valence-corrected chi connectivity index (χ0v) is 15.1. The first-order valence-corrected chi connectivity index (χ1v) is 8.39. The van der Waals surface area contributed by atoms with Crippen LogP contribution in [0.2, 0.25) is 0 Å². The average Bonchev–Trinajstić information content (AvgIpc) is 2.64. The molecule has 0 aliphatic carbocycles. The maximum Gasteiger partial charge on any atom is 0.273 e. The average molecular weight is 354 g/mol. The van der Waals surface area contributed by atoms with Gasteiger partial charge in [0, 0.05) is 36.0 Å². The highest BCUT2D eigenvalue weighted by atomic mass is 16.6. The van der Waals surface area contributed by atoms with Crippen LogP contribution >= 0.6 is 0 Å². The monoisotopic (exact) mass is 354 g/mol. The summed E-state index contributed by atoms with van der Waals surface area (Å²) in [5.41, 5.74) is 4.97. The van der Waals surface area contributed by atoms with E-state index in [1.165, 1.54) is 18.3 Å². The molecule has 0 bridgehead atoms. The molecule has 0 aliphatic rings. The first-order chi connectivity index (χ1) is 12.5. The number of amides is 1. The van der Waals surface area contributed by atoms with Crippen LogP contribution in [0.25, 0.3) is 0 Å². The van der Waals surface area contributed by atoms with Crippen molar-refractivity contribution < 1.29 is 9.72 Å². The van der Waals surface area contributed by atoms with Gasteiger partial charge in [0.1, 0.15) is 0 Å². The molecule has 0 aliphatic heterocycles. The number of nitro benzene ring substituents is 1. The van der Waals surface area contributed by atoms with Gasteiger partial charge in [0.05, 0.1) is 11.1 Å². The smallest absolute Gasteiger partial charge is 0.273 e. The number of carbonyl (C=O) groups is 1. The largest absolute Gasteiger partial charge is 0.372 e. The molecule has 2 aromatic carbocycles. The maximum absolute atomic E-state index is 12.1. The van der Waals surface area contributed by atoms with Crippen molar-refractivity contribution in [1.29, 1.82) is 0 Å². The summed E-state index contributed by atoms with van der Waals surface area (Å²) in [6, 6.07) is 12.2. The van der Waals surface area contributed by atoms with E-state index in [2.05, 4.69) is 29.3 Å². The molecule has 0 aromatic heterocycles. The Morgan fingerprint density at radius 2 is 1.85 bits per heavy atom. The van der Waals surface area contributed by atoms with E-state index in [9.17, 15) is 14.9 Å². The van der Waals surface area contributed by atoms with Crippen molar-refractivity contribution in [1.82, 2.24) is 5.43 Å². The third kappa shape index (κ3) is 4.66. The van der Waals surface area contributed by atoms with Crippen LogP contribution in [0.15, 0.2) is 47.6 Å². The third-order valence-electron chi connectivity index (χ3n) is 4.07. The summed E-state index contributed by atoms with van der Waals surface area (Å²) < 4.78 is 0. The lowest BCUT2D eigenvalue weighted by molar-refractivity contribution is -0.385. The normalized spacial score (nSPS) is 10.7. The number of hydrogen-bond acceptors (Lipinski definition) is 5. The van der Waals surface area contributed by atoms with E-state index in [1.807, 2.05) is 24.3 Å². The number of nitrogens with one attached hydrogen (secondary N) is 1. The second kappa shape index (κ2) is 8.75. The van der Waals surface area contributed by atoms with Gasteiger partial charge < -0.3 is 4.90 Å². The van der Waals surface area contributed by atoms with E-state index in [0.29, 0.717) is 5.56 Å². The highest BCUT2D eigenvalue weighted by molar-refractivity contribution is 5.95. The van der Waals surface area contributed by atoms with Crippen LogP contribution in [0.5, 0.6) is 0 Å². The Hall–Kier alpha value is -3.22. The van der Waals surface area contributed by atoms with Gasteiger partial charge in [-0.05, 0) is 44.5 Å². The van der Waals surface area contributed by atoms with Crippen molar-refractivity contribution in [3.05, 3.63) is 69.3 Å². The molecule has 2 aromatic rings. The number of nitrogens with zero attached hydrogens (tertiary/aromatic N) is 3. The van der Waals surface area contributed by atoms with Gasteiger partial charge in [-0.3, -0.25) is 14.9 Å². The van der Waals surface area contributed by atoms with E-state index in [-0.39, 0.29) is 11.3 Å². The first-order valence-electron chi connectivity index (χ1n) is 8.39. The van der Waals surface area contributed by atoms with Gasteiger partial charge in [-0.2, -0.15) is 5.10 Å². The minimum Gasteiger partial charge on any atom is -0.372 e. The van der Waals surface area contributed by atoms with E-state index < -0.39 is 10.8 Å². The Morgan fingerprint density at radius 3 is 2.42 bits per heavy atom. The van der Waals surface area contributed by atoms with Crippen molar-refractivity contribution in [2.24, 2.45) is 5.10 Å². The lowest BCUT2D eigenvalue weighted by Crippen LogP contribution is -2.21. The summed E-state index contributed by atoms with van der Waals surface area (Å²) in [5.74, 6) is -0.496. The van der Waals surface area contributed by atoms with Crippen molar-refractivity contribution in [2.75, 3.05) is 18.0 Å². The highest BCUT2D eigenvalue weighted by Gasteiger charge is 2.14. The van der Waals surface area contributed by atoms with Crippen LogP contribution in [-0.4, -0.2) is 30.1 Å². The van der Waals surface area contributed by atoms with Crippen LogP contribution in [0.1, 0.15) is 35.3 Å². The molecule has 0 spiro atoms. The minimum atomic E-state index is -0.507. The van der Waals surface area contributed by atoms with Gasteiger partial charge in [-0.25, -0.2) is 5.43 Å². The Labute approximate surface area is 152 Å². The van der Waals surface area contributed by atoms with Crippen LogP contribution in [-0.2, 0) is 0 Å². The summed E-state index contributed by atoms with van der Waals surface area (Å²) in [6.07, 6.45) is 1.53. The number of hydrogen-bond donors (Lipinski definition) is 1. The topological polar surface area (TPSA) is 87.8 Å². The second-order valence-electron chi connectivity index (χ2n) is 5.72. The fourth-order valence-corrected chi connectivity index (χ4v) is 2.54. The van der Waals surface area contributed by atoms with Gasteiger partial charge >= 0.3 is 0 Å². The number of aryl methyl sites for hydroxylation is 1. The molecule has 0 unspecified atom stereocenters. The highest BCUT2D eigenvalue weighted by Crippen LogP contribution is 2.19. The van der Waals surface area contributed by atoms with Crippen LogP contribution in [0.3, 0.4) is 0 Å². The van der Waals surface area contributed by atoms with Gasteiger partial charge in [0.15, 0.2) is 0 Å². The molecule has 0 heterocycles. The third-order valence-corrected chi connectivity index (χ3v) is 4.07. The van der Waals surface area contributed by atoms with Crippen molar-refractivity contribution in [3.63, 3.8) is 0 Å². The lowest BCUT2D eigenvalue weighted by atomic mass is 10.1. The fourth-order valence-electron chi connectivity index (χ4n) is 2.54. The van der Waals surface area contributed by atoms with Gasteiger partial charge in [0.2, 0.25) is 0 Å². The molecule has 0 saturated heterocycles. The molecule has 26 heavy (non-hydrogen) atoms. The molecule has 1 amide bonds. The summed E-state index contributed by atoms with van der Waals surface area (Å²) in [4.78, 5) is 24.8. The van der Waals surface area contributed by atoms with Gasteiger partial charge in [-0.1, -0.05) is 18.2 Å². The molecular formula is C19H22N4O3. The first kappa shape index (κ1) is 19.1. The van der Waals surface area contributed by atoms with E-state index >= 15 is 0 Å². The predicted molar refractivity (Wildman–Crippen MR) is 103 cm³/mol.